The molecule has 2 amide bonds. The topological polar surface area (TPSA) is 35.6 Å². The Morgan fingerprint density at radius 3 is 2.38 bits per heavy atom. The fraction of sp³-hybridized carbons (Fsp3) is 0.269. The minimum atomic E-state index is -0.374. The van der Waals surface area contributed by atoms with Gasteiger partial charge in [-0.2, -0.15) is 0 Å². The molecule has 0 saturated carbocycles. The average Bonchev–Trinajstić information content (AvgIpc) is 2.80. The van der Waals surface area contributed by atoms with Crippen LogP contribution in [0.1, 0.15) is 24.0 Å². The smallest absolute Gasteiger partial charge is 0.317 e. The van der Waals surface area contributed by atoms with Crippen LogP contribution in [0.25, 0.3) is 0 Å². The van der Waals surface area contributed by atoms with Crippen molar-refractivity contribution in [3.8, 4) is 0 Å². The summed E-state index contributed by atoms with van der Waals surface area (Å²) in [6.07, 6.45) is 1.77. The van der Waals surface area contributed by atoms with Crippen LogP contribution in [-0.4, -0.2) is 35.0 Å². The zero-order valence-corrected chi connectivity index (χ0v) is 18.6. The molecular weight excluding hydrogens is 425 g/mol. The number of rotatable bonds is 6. The van der Waals surface area contributed by atoms with Gasteiger partial charge in [0, 0.05) is 42.9 Å². The van der Waals surface area contributed by atoms with Gasteiger partial charge in [0.05, 0.1) is 0 Å². The Kier molecular flexibility index (Phi) is 7.40. The quantitative estimate of drug-likeness (QED) is 0.485. The summed E-state index contributed by atoms with van der Waals surface area (Å²) in [6.45, 7) is 3.23. The molecule has 0 aliphatic carbocycles. The van der Waals surface area contributed by atoms with Crippen molar-refractivity contribution >= 4 is 23.3 Å². The Morgan fingerprint density at radius 1 is 0.969 bits per heavy atom. The minimum Gasteiger partial charge on any atom is -0.317 e. The third-order valence-electron chi connectivity index (χ3n) is 5.85. The first-order valence-electron chi connectivity index (χ1n) is 10.9. The number of likely N-dealkylation sites (tertiary alicyclic amines) is 1. The molecule has 1 aliphatic rings. The molecule has 0 bridgehead atoms. The fourth-order valence-corrected chi connectivity index (χ4v) is 4.27. The van der Waals surface area contributed by atoms with Gasteiger partial charge in [-0.05, 0) is 54.3 Å². The predicted octanol–water partition coefficient (Wildman–Crippen LogP) is 6.18. The Hall–Kier alpha value is -2.89. The molecule has 1 N–H and O–H groups in total. The van der Waals surface area contributed by atoms with Gasteiger partial charge >= 0.3 is 6.03 Å². The van der Waals surface area contributed by atoms with Crippen LogP contribution in [0.2, 0.25) is 5.02 Å². The third-order valence-corrected chi connectivity index (χ3v) is 6.10. The number of benzene rings is 3. The molecule has 1 heterocycles. The number of anilines is 1. The Bertz CT molecular complexity index is 1020. The first-order chi connectivity index (χ1) is 15.6. The second-order valence-electron chi connectivity index (χ2n) is 8.19. The highest BCUT2D eigenvalue weighted by atomic mass is 35.5. The molecule has 0 radical (unpaired) electrons. The number of hydrogen-bond donors (Lipinski definition) is 1. The summed E-state index contributed by atoms with van der Waals surface area (Å²) < 4.78 is 13.6. The SMILES string of the molecule is O=C(Nc1cccc(F)c1)N(Cc1ccc(Cl)cc1)C1CCN(Cc2ccccc2)CC1. The lowest BCUT2D eigenvalue weighted by Crippen LogP contribution is -2.48. The molecule has 0 spiro atoms. The van der Waals surface area contributed by atoms with Gasteiger partial charge in [0.25, 0.3) is 0 Å². The van der Waals surface area contributed by atoms with Gasteiger partial charge in [0.1, 0.15) is 5.82 Å². The summed E-state index contributed by atoms with van der Waals surface area (Å²) in [5, 5.41) is 3.54. The van der Waals surface area contributed by atoms with Gasteiger partial charge in [-0.15, -0.1) is 0 Å². The van der Waals surface area contributed by atoms with E-state index in [0.29, 0.717) is 17.3 Å². The van der Waals surface area contributed by atoms with Crippen molar-refractivity contribution in [1.29, 1.82) is 0 Å². The van der Waals surface area contributed by atoms with Crippen molar-refractivity contribution in [3.05, 3.63) is 101 Å². The lowest BCUT2D eigenvalue weighted by atomic mass is 10.0. The van der Waals surface area contributed by atoms with Gasteiger partial charge in [0.2, 0.25) is 0 Å². The number of urea groups is 1. The summed E-state index contributed by atoms with van der Waals surface area (Å²) >= 11 is 6.03. The molecule has 4 nitrogen and oxygen atoms in total. The summed E-state index contributed by atoms with van der Waals surface area (Å²) in [4.78, 5) is 17.5. The van der Waals surface area contributed by atoms with Gasteiger partial charge in [-0.1, -0.05) is 60.1 Å². The van der Waals surface area contributed by atoms with E-state index < -0.39 is 0 Å². The highest BCUT2D eigenvalue weighted by Crippen LogP contribution is 2.23. The zero-order valence-electron chi connectivity index (χ0n) is 17.9. The number of halogens is 2. The molecule has 32 heavy (non-hydrogen) atoms. The molecule has 1 saturated heterocycles. The largest absolute Gasteiger partial charge is 0.322 e. The zero-order chi connectivity index (χ0) is 22.3. The summed E-state index contributed by atoms with van der Waals surface area (Å²) in [6, 6.07) is 23.9. The number of carbonyl (C=O) groups is 1. The van der Waals surface area contributed by atoms with Crippen molar-refractivity contribution in [3.63, 3.8) is 0 Å². The second-order valence-corrected chi connectivity index (χ2v) is 8.62. The number of hydrogen-bond acceptors (Lipinski definition) is 2. The van der Waals surface area contributed by atoms with E-state index in [-0.39, 0.29) is 17.9 Å². The summed E-state index contributed by atoms with van der Waals surface area (Å²) in [5.41, 5.74) is 2.76. The van der Waals surface area contributed by atoms with Gasteiger partial charge in [0.15, 0.2) is 0 Å². The van der Waals surface area contributed by atoms with Crippen molar-refractivity contribution in [2.24, 2.45) is 0 Å². The van der Waals surface area contributed by atoms with E-state index in [2.05, 4.69) is 34.5 Å². The van der Waals surface area contributed by atoms with Crippen molar-refractivity contribution in [2.75, 3.05) is 18.4 Å². The Balaban J connectivity index is 1.44. The van der Waals surface area contributed by atoms with E-state index >= 15 is 0 Å². The molecule has 1 fully saturated rings. The molecule has 166 valence electrons. The first kappa shape index (κ1) is 22.3. The Morgan fingerprint density at radius 2 is 1.69 bits per heavy atom. The molecule has 3 aromatic rings. The number of amides is 2. The molecular formula is C26H27ClFN3O. The van der Waals surface area contributed by atoms with Crippen molar-refractivity contribution < 1.29 is 9.18 Å². The van der Waals surface area contributed by atoms with Gasteiger partial charge in [-0.3, -0.25) is 4.90 Å². The first-order valence-corrected chi connectivity index (χ1v) is 11.3. The summed E-state index contributed by atoms with van der Waals surface area (Å²) in [7, 11) is 0. The van der Waals surface area contributed by atoms with Gasteiger partial charge < -0.3 is 10.2 Å². The Labute approximate surface area is 193 Å². The van der Waals surface area contributed by atoms with Crippen LogP contribution in [0.5, 0.6) is 0 Å². The van der Waals surface area contributed by atoms with Crippen LogP contribution >= 0.6 is 11.6 Å². The van der Waals surface area contributed by atoms with E-state index in [1.165, 1.54) is 17.7 Å². The minimum absolute atomic E-state index is 0.103. The van der Waals surface area contributed by atoms with Crippen molar-refractivity contribution in [1.82, 2.24) is 9.80 Å². The lowest BCUT2D eigenvalue weighted by Gasteiger charge is -2.38. The number of carbonyl (C=O) groups excluding carboxylic acids is 1. The van der Waals surface area contributed by atoms with Crippen LogP contribution in [-0.2, 0) is 13.1 Å². The fourth-order valence-electron chi connectivity index (χ4n) is 4.15. The average molecular weight is 452 g/mol. The monoisotopic (exact) mass is 451 g/mol. The molecule has 0 aromatic heterocycles. The maximum Gasteiger partial charge on any atom is 0.322 e. The van der Waals surface area contributed by atoms with E-state index in [1.807, 2.05) is 35.2 Å². The normalized spacial score (nSPS) is 14.8. The second kappa shape index (κ2) is 10.6. The molecule has 4 rings (SSSR count). The standard InChI is InChI=1S/C26H27ClFN3O/c27-22-11-9-21(10-12-22)19-31(26(32)29-24-8-4-7-23(28)17-24)25-13-15-30(16-14-25)18-20-5-2-1-3-6-20/h1-12,17,25H,13-16,18-19H2,(H,29,32). The third kappa shape index (κ3) is 6.09. The highest BCUT2D eigenvalue weighted by Gasteiger charge is 2.28. The lowest BCUT2D eigenvalue weighted by molar-refractivity contribution is 0.120. The number of nitrogens with one attached hydrogen (secondary N) is 1. The molecule has 6 heteroatoms. The van der Waals surface area contributed by atoms with Crippen molar-refractivity contribution in [2.45, 2.75) is 32.0 Å². The maximum absolute atomic E-state index is 13.6. The van der Waals surface area contributed by atoms with Crippen LogP contribution < -0.4 is 5.32 Å². The highest BCUT2D eigenvalue weighted by molar-refractivity contribution is 6.30. The number of nitrogens with zero attached hydrogens (tertiary/aromatic N) is 2. The maximum atomic E-state index is 13.6. The van der Waals surface area contributed by atoms with Crippen LogP contribution in [0.15, 0.2) is 78.9 Å². The van der Waals surface area contributed by atoms with Crippen LogP contribution in [0, 0.1) is 5.82 Å². The molecule has 3 aromatic carbocycles. The molecule has 0 unspecified atom stereocenters. The van der Waals surface area contributed by atoms with Crippen LogP contribution in [0.3, 0.4) is 0 Å². The van der Waals surface area contributed by atoms with E-state index in [4.69, 9.17) is 11.6 Å². The molecule has 0 atom stereocenters. The van der Waals surface area contributed by atoms with E-state index in [0.717, 1.165) is 38.0 Å². The van der Waals surface area contributed by atoms with Gasteiger partial charge in [-0.25, -0.2) is 9.18 Å². The summed E-state index contributed by atoms with van der Waals surface area (Å²) in [5.74, 6) is -0.374. The van der Waals surface area contributed by atoms with E-state index in [9.17, 15) is 9.18 Å². The number of piperidine rings is 1. The predicted molar refractivity (Wildman–Crippen MR) is 127 cm³/mol. The van der Waals surface area contributed by atoms with E-state index in [1.54, 1.807) is 12.1 Å². The molecule has 1 aliphatic heterocycles. The van der Waals surface area contributed by atoms with Crippen LogP contribution in [0.4, 0.5) is 14.9 Å².